The van der Waals surface area contributed by atoms with Crippen molar-refractivity contribution in [2.24, 2.45) is 0 Å². The van der Waals surface area contributed by atoms with E-state index in [0.29, 0.717) is 26.2 Å². The molecule has 0 atom stereocenters. The van der Waals surface area contributed by atoms with Crippen LogP contribution in [-0.4, -0.2) is 31.0 Å². The van der Waals surface area contributed by atoms with E-state index in [9.17, 15) is 9.59 Å². The molecule has 1 heterocycles. The monoisotopic (exact) mass is 427 g/mol. The van der Waals surface area contributed by atoms with Gasteiger partial charge in [-0.05, 0) is 46.9 Å². The summed E-state index contributed by atoms with van der Waals surface area (Å²) in [7, 11) is 3.00. The van der Waals surface area contributed by atoms with E-state index in [0.717, 1.165) is 0 Å². The summed E-state index contributed by atoms with van der Waals surface area (Å²) < 4.78 is 11.0. The number of hydrazine groups is 1. The Hall–Kier alpha value is -2.36. The van der Waals surface area contributed by atoms with Crippen LogP contribution in [-0.2, 0) is 0 Å². The Balaban J connectivity index is 2.10. The first-order valence-corrected chi connectivity index (χ1v) is 7.57. The molecule has 0 saturated carbocycles. The number of halogens is 1. The normalized spacial score (nSPS) is 9.87. The number of rotatable bonds is 4. The third kappa shape index (κ3) is 4.09. The third-order valence-corrected chi connectivity index (χ3v) is 3.82. The third-order valence-electron chi connectivity index (χ3n) is 2.93. The molecular formula is C15H14IN3O4. The lowest BCUT2D eigenvalue weighted by atomic mass is 10.2. The number of carbonyl (C=O) groups excluding carboxylic acids is 2. The van der Waals surface area contributed by atoms with E-state index in [1.165, 1.54) is 20.4 Å². The van der Waals surface area contributed by atoms with Crippen LogP contribution in [0.2, 0.25) is 0 Å². The number of ether oxygens (including phenoxy) is 2. The van der Waals surface area contributed by atoms with Crippen LogP contribution in [0, 0.1) is 3.57 Å². The maximum Gasteiger partial charge on any atom is 0.271 e. The number of benzene rings is 1. The molecule has 0 aliphatic heterocycles. The van der Waals surface area contributed by atoms with Crippen LogP contribution in [0.1, 0.15) is 20.7 Å². The molecule has 1 aromatic heterocycles. The molecule has 0 spiro atoms. The predicted molar refractivity (Wildman–Crippen MR) is 91.4 cm³/mol. The van der Waals surface area contributed by atoms with Crippen LogP contribution >= 0.6 is 22.6 Å². The fourth-order valence-corrected chi connectivity index (χ4v) is 2.46. The molecule has 0 aliphatic carbocycles. The van der Waals surface area contributed by atoms with E-state index in [1.54, 1.807) is 30.5 Å². The van der Waals surface area contributed by atoms with Crippen molar-refractivity contribution in [3.05, 3.63) is 51.4 Å². The molecule has 0 aliphatic rings. The van der Waals surface area contributed by atoms with Crippen molar-refractivity contribution >= 4 is 34.4 Å². The maximum atomic E-state index is 12.2. The van der Waals surface area contributed by atoms with Crippen molar-refractivity contribution < 1.29 is 19.1 Å². The Kier molecular flexibility index (Phi) is 5.74. The molecule has 120 valence electrons. The highest BCUT2D eigenvalue weighted by atomic mass is 127. The van der Waals surface area contributed by atoms with Gasteiger partial charge in [-0.3, -0.25) is 25.4 Å². The van der Waals surface area contributed by atoms with E-state index in [4.69, 9.17) is 9.47 Å². The minimum atomic E-state index is -0.465. The molecule has 0 unspecified atom stereocenters. The molecule has 0 bridgehead atoms. The minimum absolute atomic E-state index is 0.342. The molecule has 0 fully saturated rings. The Morgan fingerprint density at radius 2 is 1.74 bits per heavy atom. The second-order valence-corrected chi connectivity index (χ2v) is 5.50. The van der Waals surface area contributed by atoms with Gasteiger partial charge in [0.1, 0.15) is 0 Å². The number of methoxy groups -OCH3 is 2. The Labute approximate surface area is 146 Å². The predicted octanol–water partition coefficient (Wildman–Crippen LogP) is 1.78. The van der Waals surface area contributed by atoms with E-state index in [-0.39, 0.29) is 0 Å². The highest BCUT2D eigenvalue weighted by molar-refractivity contribution is 14.1. The van der Waals surface area contributed by atoms with E-state index >= 15 is 0 Å². The Bertz CT molecular complexity index is 722. The summed E-state index contributed by atoms with van der Waals surface area (Å²) >= 11 is 2.01. The largest absolute Gasteiger partial charge is 0.493 e. The van der Waals surface area contributed by atoms with Crippen LogP contribution in [0.15, 0.2) is 36.7 Å². The Morgan fingerprint density at radius 3 is 2.35 bits per heavy atom. The average Bonchev–Trinajstić information content (AvgIpc) is 2.59. The maximum absolute atomic E-state index is 12.2. The summed E-state index contributed by atoms with van der Waals surface area (Å²) in [6, 6.07) is 6.45. The summed E-state index contributed by atoms with van der Waals surface area (Å²) in [5.41, 5.74) is 5.39. The van der Waals surface area contributed by atoms with Gasteiger partial charge < -0.3 is 9.47 Å². The Morgan fingerprint density at radius 1 is 1.09 bits per heavy atom. The first kappa shape index (κ1) is 17.0. The summed E-state index contributed by atoms with van der Waals surface area (Å²) in [4.78, 5) is 27.9. The number of amides is 2. The lowest BCUT2D eigenvalue weighted by Gasteiger charge is -2.12. The lowest BCUT2D eigenvalue weighted by Crippen LogP contribution is -2.41. The highest BCUT2D eigenvalue weighted by Crippen LogP contribution is 2.31. The fraction of sp³-hybridized carbons (Fsp3) is 0.133. The zero-order valence-electron chi connectivity index (χ0n) is 12.4. The van der Waals surface area contributed by atoms with Crippen LogP contribution in [0.5, 0.6) is 11.5 Å². The topological polar surface area (TPSA) is 89.6 Å². The number of nitrogens with zero attached hydrogens (tertiary/aromatic N) is 1. The number of hydrogen-bond acceptors (Lipinski definition) is 5. The number of hydrogen-bond donors (Lipinski definition) is 2. The van der Waals surface area contributed by atoms with Gasteiger partial charge in [0.05, 0.1) is 25.3 Å². The molecule has 2 rings (SSSR count). The van der Waals surface area contributed by atoms with E-state index in [2.05, 4.69) is 15.8 Å². The quantitative estimate of drug-likeness (QED) is 0.574. The van der Waals surface area contributed by atoms with Crippen LogP contribution in [0.4, 0.5) is 0 Å². The lowest BCUT2D eigenvalue weighted by molar-refractivity contribution is 0.0846. The molecule has 2 aromatic rings. The summed E-state index contributed by atoms with van der Waals surface area (Å²) in [6.07, 6.45) is 2.96. The second kappa shape index (κ2) is 7.77. The van der Waals surface area contributed by atoms with Gasteiger partial charge >= 0.3 is 0 Å². The number of pyridine rings is 1. The van der Waals surface area contributed by atoms with Gasteiger partial charge in [-0.1, -0.05) is 0 Å². The smallest absolute Gasteiger partial charge is 0.271 e. The SMILES string of the molecule is COc1cc(I)c(C(=O)NNC(=O)c2cccnc2)cc1OC. The molecule has 1 aromatic carbocycles. The van der Waals surface area contributed by atoms with Gasteiger partial charge in [0.25, 0.3) is 11.8 Å². The van der Waals surface area contributed by atoms with Crippen LogP contribution < -0.4 is 20.3 Å². The summed E-state index contributed by atoms with van der Waals surface area (Å²) in [6.45, 7) is 0. The average molecular weight is 427 g/mol. The van der Waals surface area contributed by atoms with Gasteiger partial charge in [-0.25, -0.2) is 0 Å². The van der Waals surface area contributed by atoms with Gasteiger partial charge in [0.15, 0.2) is 11.5 Å². The molecule has 0 saturated heterocycles. The standard InChI is InChI=1S/C15H14IN3O4/c1-22-12-6-10(11(16)7-13(12)23-2)15(21)19-18-14(20)9-4-3-5-17-8-9/h3-8H,1-2H3,(H,18,20)(H,19,21). The molecule has 2 amide bonds. The fourth-order valence-electron chi connectivity index (χ4n) is 1.78. The molecule has 8 heteroatoms. The number of nitrogens with one attached hydrogen (secondary N) is 2. The molecule has 7 nitrogen and oxygen atoms in total. The van der Waals surface area contributed by atoms with E-state index < -0.39 is 11.8 Å². The van der Waals surface area contributed by atoms with Gasteiger partial charge in [0.2, 0.25) is 0 Å². The molecule has 23 heavy (non-hydrogen) atoms. The van der Waals surface area contributed by atoms with Crippen molar-refractivity contribution in [2.75, 3.05) is 14.2 Å². The van der Waals surface area contributed by atoms with Crippen molar-refractivity contribution in [3.63, 3.8) is 0 Å². The summed E-state index contributed by atoms with van der Waals surface area (Å²) in [5.74, 6) is 0.0269. The van der Waals surface area contributed by atoms with Gasteiger partial charge in [0, 0.05) is 16.0 Å². The second-order valence-electron chi connectivity index (χ2n) is 4.34. The van der Waals surface area contributed by atoms with Crippen molar-refractivity contribution in [2.45, 2.75) is 0 Å². The molecule has 2 N–H and O–H groups in total. The first-order chi connectivity index (χ1) is 11.1. The minimum Gasteiger partial charge on any atom is -0.493 e. The molecule has 0 radical (unpaired) electrons. The molecular weight excluding hydrogens is 413 g/mol. The summed E-state index contributed by atoms with van der Waals surface area (Å²) in [5, 5.41) is 0. The highest BCUT2D eigenvalue weighted by Gasteiger charge is 2.16. The first-order valence-electron chi connectivity index (χ1n) is 6.49. The van der Waals surface area contributed by atoms with Crippen LogP contribution in [0.3, 0.4) is 0 Å². The van der Waals surface area contributed by atoms with Crippen molar-refractivity contribution in [1.29, 1.82) is 0 Å². The van der Waals surface area contributed by atoms with Crippen molar-refractivity contribution in [1.82, 2.24) is 15.8 Å². The van der Waals surface area contributed by atoms with Crippen LogP contribution in [0.25, 0.3) is 0 Å². The number of aromatic nitrogens is 1. The number of carbonyl (C=O) groups is 2. The zero-order chi connectivity index (χ0) is 16.8. The van der Waals surface area contributed by atoms with Gasteiger partial charge in [-0.2, -0.15) is 0 Å². The zero-order valence-corrected chi connectivity index (χ0v) is 14.6. The van der Waals surface area contributed by atoms with Crippen molar-refractivity contribution in [3.8, 4) is 11.5 Å². The van der Waals surface area contributed by atoms with E-state index in [1.807, 2.05) is 22.6 Å². The van der Waals surface area contributed by atoms with Gasteiger partial charge in [-0.15, -0.1) is 0 Å².